The summed E-state index contributed by atoms with van der Waals surface area (Å²) in [5.41, 5.74) is 13.1. The van der Waals surface area contributed by atoms with Gasteiger partial charge < -0.3 is 16.1 Å². The van der Waals surface area contributed by atoms with E-state index >= 15 is 0 Å². The molecule has 150 valence electrons. The molecule has 0 saturated carbocycles. The van der Waals surface area contributed by atoms with Crippen molar-refractivity contribution < 1.29 is 0 Å². The van der Waals surface area contributed by atoms with Gasteiger partial charge in [0, 0.05) is 47.3 Å². The Balaban J connectivity index is 1.83. The first kappa shape index (κ1) is 19.4. The summed E-state index contributed by atoms with van der Waals surface area (Å²) in [4.78, 5) is 0. The van der Waals surface area contributed by atoms with Crippen LogP contribution in [0.1, 0.15) is 30.5 Å². The van der Waals surface area contributed by atoms with Gasteiger partial charge in [0.25, 0.3) is 0 Å². The van der Waals surface area contributed by atoms with Gasteiger partial charge in [-0.15, -0.1) is 0 Å². The van der Waals surface area contributed by atoms with E-state index in [9.17, 15) is 0 Å². The molecule has 4 rings (SSSR count). The maximum absolute atomic E-state index is 6.36. The number of aromatic nitrogens is 2. The quantitative estimate of drug-likeness (QED) is 0.567. The zero-order chi connectivity index (χ0) is 20.5. The predicted octanol–water partition coefficient (Wildman–Crippen LogP) is 4.12. The van der Waals surface area contributed by atoms with Crippen molar-refractivity contribution in [3.05, 3.63) is 76.7 Å². The van der Waals surface area contributed by atoms with Gasteiger partial charge in [0.05, 0.1) is 17.9 Å². The van der Waals surface area contributed by atoms with E-state index in [1.807, 2.05) is 50.6 Å². The van der Waals surface area contributed by atoms with Gasteiger partial charge >= 0.3 is 0 Å². The van der Waals surface area contributed by atoms with Crippen LogP contribution in [0.3, 0.4) is 0 Å². The SMILES string of the molecule is C/C(N)=C1\c2ccc(-c3cnn(C)c3)cc2C(Nc2cccc(Cl)c2)CCN1N. The summed E-state index contributed by atoms with van der Waals surface area (Å²) in [5.74, 6) is 6.36. The number of hydrogen-bond acceptors (Lipinski definition) is 5. The average molecular weight is 409 g/mol. The van der Waals surface area contributed by atoms with Crippen molar-refractivity contribution in [3.8, 4) is 11.1 Å². The molecule has 29 heavy (non-hydrogen) atoms. The lowest BCUT2D eigenvalue weighted by Gasteiger charge is -2.22. The number of nitrogens with two attached hydrogens (primary N) is 2. The average Bonchev–Trinajstić information content (AvgIpc) is 3.06. The molecule has 2 aromatic carbocycles. The van der Waals surface area contributed by atoms with E-state index in [-0.39, 0.29) is 6.04 Å². The summed E-state index contributed by atoms with van der Waals surface area (Å²) in [6, 6.07) is 14.2. The van der Waals surface area contributed by atoms with Gasteiger partial charge in [-0.25, -0.2) is 5.84 Å². The van der Waals surface area contributed by atoms with Crippen molar-refractivity contribution in [2.75, 3.05) is 11.9 Å². The van der Waals surface area contributed by atoms with E-state index in [0.29, 0.717) is 17.3 Å². The van der Waals surface area contributed by atoms with Crippen molar-refractivity contribution in [1.82, 2.24) is 14.8 Å². The highest BCUT2D eigenvalue weighted by Gasteiger charge is 2.26. The Morgan fingerprint density at radius 1 is 1.21 bits per heavy atom. The highest BCUT2D eigenvalue weighted by Crippen LogP contribution is 2.37. The standard InChI is InChI=1S/C22H25ClN6/c1-14(24)22-19-7-6-15(16-12-26-28(2)13-16)10-20(19)21(8-9-29(22)25)27-18-5-3-4-17(23)11-18/h3-7,10-13,21,27H,8-9,24-25H2,1-2H3/b22-14-. The topological polar surface area (TPSA) is 85.1 Å². The Morgan fingerprint density at radius 3 is 2.72 bits per heavy atom. The van der Waals surface area contributed by atoms with Crippen LogP contribution in [-0.2, 0) is 7.05 Å². The number of hydrazine groups is 1. The van der Waals surface area contributed by atoms with Crippen molar-refractivity contribution in [1.29, 1.82) is 0 Å². The Hall–Kier alpha value is -2.96. The molecule has 0 radical (unpaired) electrons. The summed E-state index contributed by atoms with van der Waals surface area (Å²) in [6.45, 7) is 2.57. The number of aryl methyl sites for hydroxylation is 1. The zero-order valence-electron chi connectivity index (χ0n) is 16.6. The van der Waals surface area contributed by atoms with E-state index in [1.165, 1.54) is 0 Å². The normalized spacial score (nSPS) is 18.2. The molecule has 1 unspecified atom stereocenters. The molecule has 0 fully saturated rings. The number of benzene rings is 2. The molecule has 5 N–H and O–H groups in total. The minimum atomic E-state index is 0.0583. The van der Waals surface area contributed by atoms with Crippen LogP contribution >= 0.6 is 11.6 Å². The summed E-state index contributed by atoms with van der Waals surface area (Å²) in [7, 11) is 1.92. The van der Waals surface area contributed by atoms with Crippen molar-refractivity contribution in [2.45, 2.75) is 19.4 Å². The number of nitrogens with zero attached hydrogens (tertiary/aromatic N) is 3. The van der Waals surface area contributed by atoms with E-state index in [1.54, 1.807) is 9.69 Å². The number of halogens is 1. The molecule has 0 amide bonds. The third-order valence-electron chi connectivity index (χ3n) is 5.21. The molecule has 6 nitrogen and oxygen atoms in total. The molecule has 2 heterocycles. The molecule has 1 aromatic heterocycles. The summed E-state index contributed by atoms with van der Waals surface area (Å²) < 4.78 is 1.81. The Labute approximate surface area is 175 Å². The second kappa shape index (κ2) is 7.81. The third-order valence-corrected chi connectivity index (χ3v) is 5.44. The lowest BCUT2D eigenvalue weighted by molar-refractivity contribution is 0.402. The van der Waals surface area contributed by atoms with Crippen LogP contribution in [-0.4, -0.2) is 21.3 Å². The Bertz CT molecular complexity index is 1070. The second-order valence-electron chi connectivity index (χ2n) is 7.43. The fraction of sp³-hybridized carbons (Fsp3) is 0.227. The van der Waals surface area contributed by atoms with E-state index in [4.69, 9.17) is 23.2 Å². The first-order valence-corrected chi connectivity index (χ1v) is 9.94. The molecular weight excluding hydrogens is 384 g/mol. The van der Waals surface area contributed by atoms with E-state index in [0.717, 1.165) is 40.1 Å². The maximum Gasteiger partial charge on any atom is 0.0777 e. The third kappa shape index (κ3) is 3.95. The number of rotatable bonds is 3. The number of hydrogen-bond donors (Lipinski definition) is 3. The molecule has 0 saturated heterocycles. The molecule has 1 aliphatic heterocycles. The van der Waals surface area contributed by atoms with Gasteiger partial charge in [-0.1, -0.05) is 29.8 Å². The molecule has 0 aliphatic carbocycles. The minimum Gasteiger partial charge on any atom is -0.401 e. The van der Waals surface area contributed by atoms with Gasteiger partial charge in [0.15, 0.2) is 0 Å². The highest BCUT2D eigenvalue weighted by molar-refractivity contribution is 6.30. The molecule has 3 aromatic rings. The minimum absolute atomic E-state index is 0.0583. The van der Waals surface area contributed by atoms with E-state index in [2.05, 4.69) is 28.6 Å². The molecule has 1 aliphatic rings. The molecule has 0 bridgehead atoms. The Kier molecular flexibility index (Phi) is 5.22. The lowest BCUT2D eigenvalue weighted by Crippen LogP contribution is -2.31. The van der Waals surface area contributed by atoms with Crippen LogP contribution in [0.2, 0.25) is 5.02 Å². The van der Waals surface area contributed by atoms with Crippen LogP contribution in [0, 0.1) is 0 Å². The largest absolute Gasteiger partial charge is 0.401 e. The highest BCUT2D eigenvalue weighted by atomic mass is 35.5. The smallest absolute Gasteiger partial charge is 0.0777 e. The maximum atomic E-state index is 6.36. The number of fused-ring (bicyclic) bond motifs is 1. The van der Waals surface area contributed by atoms with Crippen molar-refractivity contribution in [3.63, 3.8) is 0 Å². The second-order valence-corrected chi connectivity index (χ2v) is 7.86. The summed E-state index contributed by atoms with van der Waals surface area (Å²) >= 11 is 6.19. The fourth-order valence-electron chi connectivity index (χ4n) is 3.88. The zero-order valence-corrected chi connectivity index (χ0v) is 17.3. The predicted molar refractivity (Wildman–Crippen MR) is 119 cm³/mol. The van der Waals surface area contributed by atoms with Gasteiger partial charge in [-0.05, 0) is 48.7 Å². The van der Waals surface area contributed by atoms with Crippen molar-refractivity contribution >= 4 is 23.0 Å². The first-order valence-electron chi connectivity index (χ1n) is 9.56. The van der Waals surface area contributed by atoms with E-state index < -0.39 is 0 Å². The van der Waals surface area contributed by atoms with Gasteiger partial charge in [0.1, 0.15) is 0 Å². The molecule has 1 atom stereocenters. The number of nitrogens with one attached hydrogen (secondary N) is 1. The summed E-state index contributed by atoms with van der Waals surface area (Å²) in [5, 5.41) is 10.4. The lowest BCUT2D eigenvalue weighted by atomic mass is 9.93. The molecule has 7 heteroatoms. The Morgan fingerprint density at radius 2 is 2.03 bits per heavy atom. The first-order chi connectivity index (χ1) is 13.9. The molecular formula is C22H25ClN6. The van der Waals surface area contributed by atoms with Gasteiger partial charge in [-0.2, -0.15) is 5.10 Å². The van der Waals surface area contributed by atoms with Crippen LogP contribution in [0.25, 0.3) is 16.8 Å². The van der Waals surface area contributed by atoms with Gasteiger partial charge in [-0.3, -0.25) is 4.68 Å². The van der Waals surface area contributed by atoms with Crippen molar-refractivity contribution in [2.24, 2.45) is 18.6 Å². The van der Waals surface area contributed by atoms with Gasteiger partial charge in [0.2, 0.25) is 0 Å². The molecule has 0 spiro atoms. The number of anilines is 1. The van der Waals surface area contributed by atoms with Crippen LogP contribution in [0.4, 0.5) is 5.69 Å². The fourth-order valence-corrected chi connectivity index (χ4v) is 4.07. The van der Waals surface area contributed by atoms with Crippen LogP contribution < -0.4 is 16.9 Å². The monoisotopic (exact) mass is 408 g/mol. The summed E-state index contributed by atoms with van der Waals surface area (Å²) in [6.07, 6.45) is 4.71. The number of allylic oxidation sites excluding steroid dienone is 1. The van der Waals surface area contributed by atoms with Crippen LogP contribution in [0.5, 0.6) is 0 Å². The van der Waals surface area contributed by atoms with Crippen LogP contribution in [0.15, 0.2) is 60.6 Å².